The summed E-state index contributed by atoms with van der Waals surface area (Å²) in [6.07, 6.45) is 2.57. The smallest absolute Gasteiger partial charge is 0.243 e. The van der Waals surface area contributed by atoms with E-state index in [2.05, 4.69) is 0 Å². The van der Waals surface area contributed by atoms with Crippen LogP contribution in [-0.2, 0) is 24.2 Å². The predicted octanol–water partition coefficient (Wildman–Crippen LogP) is 2.01. The first-order chi connectivity index (χ1) is 10.1. The van der Waals surface area contributed by atoms with Crippen molar-refractivity contribution < 1.29 is 19.5 Å². The van der Waals surface area contributed by atoms with Crippen LogP contribution in [0.4, 0.5) is 4.39 Å². The van der Waals surface area contributed by atoms with E-state index in [0.29, 0.717) is 30.5 Å². The quantitative estimate of drug-likeness (QED) is 0.563. The van der Waals surface area contributed by atoms with Crippen LogP contribution < -0.4 is 5.48 Å². The van der Waals surface area contributed by atoms with E-state index >= 15 is 0 Å². The van der Waals surface area contributed by atoms with Gasteiger partial charge in [0.15, 0.2) is 5.88 Å². The number of benzene rings is 1. The molecule has 6 heteroatoms. The summed E-state index contributed by atoms with van der Waals surface area (Å²) < 4.78 is 15.1. The topological polar surface area (TPSA) is 74.5 Å². The van der Waals surface area contributed by atoms with Crippen LogP contribution >= 0.6 is 0 Å². The minimum absolute atomic E-state index is 0.0667. The molecule has 1 amide bonds. The van der Waals surface area contributed by atoms with Crippen molar-refractivity contribution in [3.63, 3.8) is 0 Å². The second-order valence-corrected chi connectivity index (χ2v) is 4.73. The van der Waals surface area contributed by atoms with Crippen LogP contribution in [-0.4, -0.2) is 20.8 Å². The minimum atomic E-state index is -0.506. The lowest BCUT2D eigenvalue weighted by atomic mass is 10.1. The highest BCUT2D eigenvalue weighted by Gasteiger charge is 2.10. The van der Waals surface area contributed by atoms with E-state index < -0.39 is 5.91 Å². The molecule has 3 N–H and O–H groups in total. The zero-order valence-electron chi connectivity index (χ0n) is 11.4. The Morgan fingerprint density at radius 1 is 1.19 bits per heavy atom. The van der Waals surface area contributed by atoms with Crippen molar-refractivity contribution in [2.75, 3.05) is 0 Å². The van der Waals surface area contributed by atoms with Crippen LogP contribution in [0.1, 0.15) is 17.5 Å². The fourth-order valence-corrected chi connectivity index (χ4v) is 2.13. The van der Waals surface area contributed by atoms with Crippen LogP contribution in [0, 0.1) is 5.82 Å². The Labute approximate surface area is 121 Å². The van der Waals surface area contributed by atoms with E-state index in [0.717, 1.165) is 0 Å². The average Bonchev–Trinajstić information content (AvgIpc) is 2.84. The summed E-state index contributed by atoms with van der Waals surface area (Å²) in [5, 5.41) is 18.5. The van der Waals surface area contributed by atoms with E-state index in [4.69, 9.17) is 5.21 Å². The number of halogens is 1. The van der Waals surface area contributed by atoms with Gasteiger partial charge in [0, 0.05) is 24.7 Å². The third-order valence-electron chi connectivity index (χ3n) is 3.34. The monoisotopic (exact) mass is 292 g/mol. The van der Waals surface area contributed by atoms with Crippen molar-refractivity contribution in [2.24, 2.45) is 0 Å². The summed E-state index contributed by atoms with van der Waals surface area (Å²) in [6.45, 7) is 0.443. The van der Waals surface area contributed by atoms with Crippen molar-refractivity contribution in [1.29, 1.82) is 0 Å². The Morgan fingerprint density at radius 3 is 2.67 bits per heavy atom. The number of aryl methyl sites for hydroxylation is 3. The number of rotatable bonds is 6. The zero-order valence-corrected chi connectivity index (χ0v) is 11.4. The van der Waals surface area contributed by atoms with Gasteiger partial charge >= 0.3 is 0 Å². The second kappa shape index (κ2) is 6.90. The molecule has 0 aliphatic carbocycles. The van der Waals surface area contributed by atoms with Crippen molar-refractivity contribution >= 4 is 5.91 Å². The molecule has 21 heavy (non-hydrogen) atoms. The van der Waals surface area contributed by atoms with Crippen LogP contribution in [0.3, 0.4) is 0 Å². The molecule has 5 nitrogen and oxygen atoms in total. The molecule has 0 unspecified atom stereocenters. The number of nitrogens with one attached hydrogen (secondary N) is 1. The number of carbonyl (C=O) groups excluding carboxylic acids is 1. The van der Waals surface area contributed by atoms with Crippen molar-refractivity contribution in [3.8, 4) is 5.88 Å². The molecule has 0 saturated heterocycles. The summed E-state index contributed by atoms with van der Waals surface area (Å²) in [5.41, 5.74) is 2.75. The third-order valence-corrected chi connectivity index (χ3v) is 3.34. The number of amides is 1. The molecule has 0 atom stereocenters. The van der Waals surface area contributed by atoms with Gasteiger partial charge in [0.1, 0.15) is 5.82 Å². The standard InChI is InChI=1S/C15H17FN2O3/c16-13-4-2-1-3-11(13)7-9-18-10-8-12(15(18)20)5-6-14(19)17-21/h1-4,8,10,20-21H,5-7,9H2,(H,17,19). The molecule has 1 aromatic carbocycles. The first-order valence-electron chi connectivity index (χ1n) is 6.65. The van der Waals surface area contributed by atoms with Gasteiger partial charge in [-0.25, -0.2) is 9.87 Å². The Kier molecular flexibility index (Phi) is 4.94. The van der Waals surface area contributed by atoms with Gasteiger partial charge in [0.25, 0.3) is 0 Å². The first kappa shape index (κ1) is 15.1. The summed E-state index contributed by atoms with van der Waals surface area (Å²) >= 11 is 0. The average molecular weight is 292 g/mol. The van der Waals surface area contributed by atoms with Crippen molar-refractivity contribution in [3.05, 3.63) is 53.5 Å². The number of nitrogens with zero attached hydrogens (tertiary/aromatic N) is 1. The molecule has 0 aliphatic rings. The molecule has 2 aromatic rings. The van der Waals surface area contributed by atoms with E-state index in [1.54, 1.807) is 40.5 Å². The van der Waals surface area contributed by atoms with Crippen molar-refractivity contribution in [2.45, 2.75) is 25.8 Å². The molecule has 0 fully saturated rings. The molecule has 0 saturated carbocycles. The van der Waals surface area contributed by atoms with Gasteiger partial charge in [-0.3, -0.25) is 10.0 Å². The van der Waals surface area contributed by atoms with E-state index in [-0.39, 0.29) is 18.1 Å². The highest BCUT2D eigenvalue weighted by molar-refractivity contribution is 5.74. The maximum absolute atomic E-state index is 13.5. The van der Waals surface area contributed by atoms with Crippen molar-refractivity contribution in [1.82, 2.24) is 10.0 Å². The van der Waals surface area contributed by atoms with Crippen LogP contribution in [0.2, 0.25) is 0 Å². The van der Waals surface area contributed by atoms with E-state index in [1.165, 1.54) is 6.07 Å². The molecule has 0 aliphatic heterocycles. The summed E-state index contributed by atoms with van der Waals surface area (Å²) in [7, 11) is 0. The lowest BCUT2D eigenvalue weighted by Gasteiger charge is -2.07. The third kappa shape index (κ3) is 3.82. The number of aromatic nitrogens is 1. The molecular weight excluding hydrogens is 275 g/mol. The maximum Gasteiger partial charge on any atom is 0.243 e. The Balaban J connectivity index is 1.97. The molecular formula is C15H17FN2O3. The summed E-state index contributed by atoms with van der Waals surface area (Å²) in [6, 6.07) is 8.23. The lowest BCUT2D eigenvalue weighted by molar-refractivity contribution is -0.129. The largest absolute Gasteiger partial charge is 0.494 e. The molecule has 0 bridgehead atoms. The Morgan fingerprint density at radius 2 is 1.95 bits per heavy atom. The predicted molar refractivity (Wildman–Crippen MR) is 74.5 cm³/mol. The SMILES string of the molecule is O=C(CCc1ccn(CCc2ccccc2F)c1O)NO. The van der Waals surface area contributed by atoms with Gasteiger partial charge in [-0.15, -0.1) is 0 Å². The van der Waals surface area contributed by atoms with Crippen LogP contribution in [0.15, 0.2) is 36.5 Å². The van der Waals surface area contributed by atoms with E-state index in [9.17, 15) is 14.3 Å². The molecule has 112 valence electrons. The molecule has 0 spiro atoms. The van der Waals surface area contributed by atoms with Gasteiger partial charge in [-0.1, -0.05) is 18.2 Å². The van der Waals surface area contributed by atoms with Gasteiger partial charge in [0.05, 0.1) is 0 Å². The fourth-order valence-electron chi connectivity index (χ4n) is 2.13. The van der Waals surface area contributed by atoms with Gasteiger partial charge in [0.2, 0.25) is 5.91 Å². The zero-order chi connectivity index (χ0) is 15.2. The van der Waals surface area contributed by atoms with Gasteiger partial charge in [-0.2, -0.15) is 0 Å². The molecule has 0 radical (unpaired) electrons. The minimum Gasteiger partial charge on any atom is -0.494 e. The number of hydrogen-bond acceptors (Lipinski definition) is 3. The molecule has 1 aromatic heterocycles. The first-order valence-corrected chi connectivity index (χ1v) is 6.65. The normalized spacial score (nSPS) is 10.6. The molecule has 1 heterocycles. The Hall–Kier alpha value is -2.34. The molecule has 2 rings (SSSR count). The number of carbonyl (C=O) groups is 1. The lowest BCUT2D eigenvalue weighted by Crippen LogP contribution is -2.18. The van der Waals surface area contributed by atoms with Crippen LogP contribution in [0.25, 0.3) is 0 Å². The number of hydroxylamine groups is 1. The summed E-state index contributed by atoms with van der Waals surface area (Å²) in [5.74, 6) is -0.699. The van der Waals surface area contributed by atoms with Gasteiger partial charge < -0.3 is 9.67 Å². The summed E-state index contributed by atoms with van der Waals surface area (Å²) in [4.78, 5) is 11.0. The number of hydrogen-bond donors (Lipinski definition) is 3. The fraction of sp³-hybridized carbons (Fsp3) is 0.267. The highest BCUT2D eigenvalue weighted by atomic mass is 19.1. The Bertz CT molecular complexity index is 625. The van der Waals surface area contributed by atoms with E-state index in [1.807, 2.05) is 0 Å². The van der Waals surface area contributed by atoms with Crippen LogP contribution in [0.5, 0.6) is 5.88 Å². The maximum atomic E-state index is 13.5. The van der Waals surface area contributed by atoms with Gasteiger partial charge in [-0.05, 0) is 30.5 Å². The second-order valence-electron chi connectivity index (χ2n) is 4.73. The highest BCUT2D eigenvalue weighted by Crippen LogP contribution is 2.21. The number of aromatic hydroxyl groups is 1.